The highest BCUT2D eigenvalue weighted by atomic mass is 19.1. The van der Waals surface area contributed by atoms with Gasteiger partial charge in [0.15, 0.2) is 11.5 Å². The number of nitrogens with zero attached hydrogens (tertiary/aromatic N) is 2. The van der Waals surface area contributed by atoms with Crippen LogP contribution in [0, 0.1) is 5.82 Å². The van der Waals surface area contributed by atoms with Crippen LogP contribution in [0.2, 0.25) is 0 Å². The molecule has 33 heavy (non-hydrogen) atoms. The quantitative estimate of drug-likeness (QED) is 0.412. The van der Waals surface area contributed by atoms with Gasteiger partial charge in [-0.15, -0.1) is 0 Å². The number of aliphatic hydroxyl groups is 1. The van der Waals surface area contributed by atoms with E-state index in [9.17, 15) is 23.9 Å². The highest BCUT2D eigenvalue weighted by Gasteiger charge is 2.43. The summed E-state index contributed by atoms with van der Waals surface area (Å²) in [6, 6.07) is 5.74. The van der Waals surface area contributed by atoms with Crippen molar-refractivity contribution in [2.75, 3.05) is 13.2 Å². The van der Waals surface area contributed by atoms with Gasteiger partial charge in [-0.1, -0.05) is 12.1 Å². The maximum absolute atomic E-state index is 13.3. The lowest BCUT2D eigenvalue weighted by atomic mass is 9.98. The molecule has 2 amide bonds. The molecule has 1 aromatic carbocycles. The second kappa shape index (κ2) is 8.17. The van der Waals surface area contributed by atoms with Crippen LogP contribution < -0.4 is 21.3 Å². The van der Waals surface area contributed by atoms with Crippen LogP contribution in [-0.4, -0.2) is 50.3 Å². The first kappa shape index (κ1) is 22.2. The summed E-state index contributed by atoms with van der Waals surface area (Å²) in [5.41, 5.74) is 3.38. The van der Waals surface area contributed by atoms with Crippen LogP contribution in [0.15, 0.2) is 35.3 Å². The summed E-state index contributed by atoms with van der Waals surface area (Å²) in [5.74, 6) is -2.70. The molecule has 2 aromatic heterocycles. The molecule has 1 aliphatic rings. The molecule has 0 saturated carbocycles. The zero-order valence-corrected chi connectivity index (χ0v) is 17.6. The summed E-state index contributed by atoms with van der Waals surface area (Å²) in [7, 11) is 0. The maximum atomic E-state index is 13.3. The molecule has 0 spiro atoms. The van der Waals surface area contributed by atoms with Crippen LogP contribution in [0.3, 0.4) is 0 Å². The smallest absolute Gasteiger partial charge is 0.268 e. The fourth-order valence-electron chi connectivity index (χ4n) is 3.87. The Kier molecular flexibility index (Phi) is 5.50. The molecular formula is C22H21FN4O6. The number of rotatable bonds is 6. The number of benzene rings is 1. The number of primary amides is 1. The first-order valence-corrected chi connectivity index (χ1v) is 10.1. The SMILES string of the molecule is C[C@@]1(C(=O)NCCO)Cn2c(=O)c(C(N)=O)c(O)c3ncc(Cc4ccc(F)cc4)c(c32)O1. The zero-order chi connectivity index (χ0) is 23.9. The molecule has 0 unspecified atom stereocenters. The number of ether oxygens (including phenoxy) is 1. The van der Waals surface area contributed by atoms with Crippen molar-refractivity contribution in [1.29, 1.82) is 0 Å². The van der Waals surface area contributed by atoms with Gasteiger partial charge in [0.05, 0.1) is 13.2 Å². The van der Waals surface area contributed by atoms with Crippen molar-refractivity contribution in [3.8, 4) is 11.5 Å². The minimum atomic E-state index is -1.59. The lowest BCUT2D eigenvalue weighted by molar-refractivity contribution is -0.137. The van der Waals surface area contributed by atoms with E-state index in [1.165, 1.54) is 25.3 Å². The molecule has 0 aliphatic carbocycles. The van der Waals surface area contributed by atoms with Crippen molar-refractivity contribution in [1.82, 2.24) is 14.9 Å². The predicted molar refractivity (Wildman–Crippen MR) is 115 cm³/mol. The summed E-state index contributed by atoms with van der Waals surface area (Å²) >= 11 is 0. The number of hydrogen-bond donors (Lipinski definition) is 4. The first-order valence-electron chi connectivity index (χ1n) is 10.1. The van der Waals surface area contributed by atoms with Crippen LogP contribution in [0.25, 0.3) is 11.0 Å². The van der Waals surface area contributed by atoms with E-state index in [2.05, 4.69) is 10.3 Å². The van der Waals surface area contributed by atoms with E-state index in [1.807, 2.05) is 0 Å². The number of amides is 2. The van der Waals surface area contributed by atoms with Gasteiger partial charge >= 0.3 is 0 Å². The molecular weight excluding hydrogens is 435 g/mol. The first-order chi connectivity index (χ1) is 15.7. The third kappa shape index (κ3) is 3.76. The largest absolute Gasteiger partial charge is 0.505 e. The van der Waals surface area contributed by atoms with Crippen LogP contribution in [-0.2, 0) is 17.8 Å². The Morgan fingerprint density at radius 2 is 2.03 bits per heavy atom. The van der Waals surface area contributed by atoms with Crippen LogP contribution in [0.1, 0.15) is 28.4 Å². The average Bonchev–Trinajstić information content (AvgIpc) is 2.77. The van der Waals surface area contributed by atoms with E-state index < -0.39 is 40.1 Å². The van der Waals surface area contributed by atoms with E-state index in [0.29, 0.717) is 11.1 Å². The van der Waals surface area contributed by atoms with Gasteiger partial charge in [-0.3, -0.25) is 23.9 Å². The Hall–Kier alpha value is -3.99. The normalized spacial score (nSPS) is 16.9. The Labute approximate surface area is 186 Å². The number of halogens is 1. The van der Waals surface area contributed by atoms with Gasteiger partial charge in [-0.05, 0) is 24.6 Å². The highest BCUT2D eigenvalue weighted by Crippen LogP contribution is 2.40. The van der Waals surface area contributed by atoms with Crippen molar-refractivity contribution < 1.29 is 28.9 Å². The number of pyridine rings is 2. The van der Waals surface area contributed by atoms with Gasteiger partial charge in [0.1, 0.15) is 22.4 Å². The van der Waals surface area contributed by atoms with E-state index >= 15 is 0 Å². The van der Waals surface area contributed by atoms with Gasteiger partial charge in [0.25, 0.3) is 17.4 Å². The Balaban J connectivity index is 1.95. The summed E-state index contributed by atoms with van der Waals surface area (Å²) in [4.78, 5) is 42.1. The van der Waals surface area contributed by atoms with E-state index in [4.69, 9.17) is 15.6 Å². The van der Waals surface area contributed by atoms with E-state index in [1.54, 1.807) is 12.1 Å². The van der Waals surface area contributed by atoms with Crippen molar-refractivity contribution in [3.05, 3.63) is 63.3 Å². The molecule has 0 fully saturated rings. The zero-order valence-electron chi connectivity index (χ0n) is 17.6. The number of aromatic hydroxyl groups is 1. The van der Waals surface area contributed by atoms with E-state index in [0.717, 1.165) is 4.57 Å². The monoisotopic (exact) mass is 456 g/mol. The second-order valence-electron chi connectivity index (χ2n) is 7.90. The molecule has 1 atom stereocenters. The highest BCUT2D eigenvalue weighted by molar-refractivity contribution is 6.02. The van der Waals surface area contributed by atoms with Crippen molar-refractivity contribution in [2.45, 2.75) is 25.5 Å². The minimum Gasteiger partial charge on any atom is -0.505 e. The topological polar surface area (TPSA) is 157 Å². The average molecular weight is 456 g/mol. The van der Waals surface area contributed by atoms with E-state index in [-0.39, 0.29) is 42.9 Å². The number of nitrogens with one attached hydrogen (secondary N) is 1. The van der Waals surface area contributed by atoms with Crippen LogP contribution in [0.5, 0.6) is 11.5 Å². The summed E-state index contributed by atoms with van der Waals surface area (Å²) in [6.45, 7) is 0.831. The van der Waals surface area contributed by atoms with Gasteiger partial charge in [0, 0.05) is 24.7 Å². The summed E-state index contributed by atoms with van der Waals surface area (Å²) in [6.07, 6.45) is 1.61. The van der Waals surface area contributed by atoms with Crippen LogP contribution >= 0.6 is 0 Å². The molecule has 172 valence electrons. The third-order valence-electron chi connectivity index (χ3n) is 5.49. The van der Waals surface area contributed by atoms with Crippen molar-refractivity contribution in [2.24, 2.45) is 5.73 Å². The molecule has 1 aliphatic heterocycles. The molecule has 0 radical (unpaired) electrons. The van der Waals surface area contributed by atoms with Gasteiger partial charge in [-0.2, -0.15) is 0 Å². The molecule has 3 aromatic rings. The standard InChI is InChI=1S/C22H21FN4O6/c1-22(21(32)25-6-7-28)10-27-16-15(17(29)14(19(24)30)20(27)31)26-9-12(18(16)33-22)8-11-2-4-13(23)5-3-11/h2-5,9,28-29H,6-8,10H2,1H3,(H2,24,30)(H,25,32)/t22-/m0/s1. The fourth-order valence-corrected chi connectivity index (χ4v) is 3.87. The summed E-state index contributed by atoms with van der Waals surface area (Å²) < 4.78 is 20.5. The number of carbonyl (C=O) groups excluding carboxylic acids is 2. The molecule has 4 rings (SSSR count). The minimum absolute atomic E-state index is 0.0319. The Bertz CT molecular complexity index is 1340. The van der Waals surface area contributed by atoms with Gasteiger partial charge in [-0.25, -0.2) is 4.39 Å². The van der Waals surface area contributed by atoms with Gasteiger partial charge < -0.3 is 26.0 Å². The molecule has 0 saturated heterocycles. The van der Waals surface area contributed by atoms with Crippen molar-refractivity contribution in [3.63, 3.8) is 0 Å². The maximum Gasteiger partial charge on any atom is 0.268 e. The second-order valence-corrected chi connectivity index (χ2v) is 7.90. The number of aromatic nitrogens is 2. The summed E-state index contributed by atoms with van der Waals surface area (Å²) in [5, 5.41) is 22.1. The third-order valence-corrected chi connectivity index (χ3v) is 5.49. The number of aliphatic hydroxyl groups excluding tert-OH is 1. The molecule has 11 heteroatoms. The molecule has 5 N–H and O–H groups in total. The number of carbonyl (C=O) groups is 2. The lowest BCUT2D eigenvalue weighted by Crippen LogP contribution is -2.55. The number of nitrogens with two attached hydrogens (primary N) is 1. The molecule has 3 heterocycles. The predicted octanol–water partition coefficient (Wildman–Crippen LogP) is 0.190. The Morgan fingerprint density at radius 3 is 2.67 bits per heavy atom. The molecule has 10 nitrogen and oxygen atoms in total. The lowest BCUT2D eigenvalue weighted by Gasteiger charge is -2.36. The number of hydrogen-bond acceptors (Lipinski definition) is 7. The van der Waals surface area contributed by atoms with Crippen LogP contribution in [0.4, 0.5) is 4.39 Å². The molecule has 0 bridgehead atoms. The Morgan fingerprint density at radius 1 is 1.33 bits per heavy atom. The van der Waals surface area contributed by atoms with Crippen molar-refractivity contribution >= 4 is 22.8 Å². The fraction of sp³-hybridized carbons (Fsp3) is 0.273. The van der Waals surface area contributed by atoms with Gasteiger partial charge in [0.2, 0.25) is 5.60 Å².